The zero-order valence-electron chi connectivity index (χ0n) is 34.9. The number of fused-ring (bicyclic) bond motifs is 9. The SMILES string of the molecule is [Ir+3].[c-]1ccc2c(oc3ccncc32)c1-c1ccccn1.[c-]1ccccc1-n1c2ccccc2c2cc(CCCCCCc3cnc4c(c3)c3ccccc3n4-c3[c-]cccc3)cnc21. The summed E-state index contributed by atoms with van der Waals surface area (Å²) in [5.74, 6) is 0. The van der Waals surface area contributed by atoms with Gasteiger partial charge in [-0.15, -0.1) is 30.3 Å². The number of furan rings is 1. The number of hydrogen-bond donors (Lipinski definition) is 0. The smallest absolute Gasteiger partial charge is 0.500 e. The molecule has 0 amide bonds. The average molecular weight is 1010 g/mol. The Morgan fingerprint density at radius 2 is 1.06 bits per heavy atom. The first-order chi connectivity index (χ1) is 31.3. The molecule has 12 aromatic rings. The molecule has 0 spiro atoms. The molecule has 0 N–H and O–H groups in total. The summed E-state index contributed by atoms with van der Waals surface area (Å²) >= 11 is 0. The van der Waals surface area contributed by atoms with Crippen LogP contribution in [0.1, 0.15) is 36.8 Å². The van der Waals surface area contributed by atoms with E-state index >= 15 is 0 Å². The number of nitrogens with zero attached hydrogens (tertiary/aromatic N) is 6. The second-order valence-corrected chi connectivity index (χ2v) is 15.8. The predicted octanol–water partition coefficient (Wildman–Crippen LogP) is 13.5. The van der Waals surface area contributed by atoms with Crippen LogP contribution in [0.4, 0.5) is 0 Å². The van der Waals surface area contributed by atoms with Crippen LogP contribution in [-0.4, -0.2) is 29.1 Å². The maximum Gasteiger partial charge on any atom is 3.00 e. The molecule has 0 saturated heterocycles. The zero-order chi connectivity index (χ0) is 42.0. The summed E-state index contributed by atoms with van der Waals surface area (Å²) in [4.78, 5) is 18.4. The van der Waals surface area contributed by atoms with Crippen molar-refractivity contribution in [3.63, 3.8) is 0 Å². The number of pyridine rings is 4. The maximum absolute atomic E-state index is 5.93. The molecule has 0 bridgehead atoms. The van der Waals surface area contributed by atoms with E-state index in [0.29, 0.717) is 0 Å². The molecular formula is C56H41IrN6O. The number of hydrogen-bond acceptors (Lipinski definition) is 5. The van der Waals surface area contributed by atoms with Gasteiger partial charge in [-0.2, -0.15) is 48.5 Å². The Morgan fingerprint density at radius 3 is 1.64 bits per heavy atom. The molecule has 7 heterocycles. The average Bonchev–Trinajstić information content (AvgIpc) is 4.01. The van der Waals surface area contributed by atoms with Gasteiger partial charge >= 0.3 is 20.1 Å². The minimum Gasteiger partial charge on any atom is -0.500 e. The van der Waals surface area contributed by atoms with E-state index in [4.69, 9.17) is 14.4 Å². The largest absolute Gasteiger partial charge is 3.00 e. The summed E-state index contributed by atoms with van der Waals surface area (Å²) < 4.78 is 10.4. The Labute approximate surface area is 384 Å². The van der Waals surface area contributed by atoms with Crippen molar-refractivity contribution in [2.75, 3.05) is 0 Å². The number of benzene rings is 5. The monoisotopic (exact) mass is 1010 g/mol. The summed E-state index contributed by atoms with van der Waals surface area (Å²) in [6, 6.07) is 59.6. The van der Waals surface area contributed by atoms with Crippen molar-refractivity contribution in [3.8, 4) is 22.6 Å². The first-order valence-corrected chi connectivity index (χ1v) is 21.6. The summed E-state index contributed by atoms with van der Waals surface area (Å²) in [7, 11) is 0. The molecule has 0 unspecified atom stereocenters. The number of unbranched alkanes of at least 4 members (excludes halogenated alkanes) is 3. The van der Waals surface area contributed by atoms with Crippen molar-refractivity contribution in [1.29, 1.82) is 0 Å². The van der Waals surface area contributed by atoms with E-state index < -0.39 is 0 Å². The van der Waals surface area contributed by atoms with Crippen LogP contribution in [0.15, 0.2) is 181 Å². The van der Waals surface area contributed by atoms with Crippen LogP contribution in [0.3, 0.4) is 0 Å². The normalized spacial score (nSPS) is 11.4. The molecule has 0 radical (unpaired) electrons. The Hall–Kier alpha value is -7.25. The molecule has 0 atom stereocenters. The minimum absolute atomic E-state index is 0. The van der Waals surface area contributed by atoms with Gasteiger partial charge in [-0.05, 0) is 78.9 Å². The first-order valence-electron chi connectivity index (χ1n) is 21.6. The second-order valence-electron chi connectivity index (χ2n) is 15.8. The van der Waals surface area contributed by atoms with Gasteiger partial charge in [0.15, 0.2) is 0 Å². The Kier molecular flexibility index (Phi) is 11.6. The fourth-order valence-electron chi connectivity index (χ4n) is 8.88. The van der Waals surface area contributed by atoms with E-state index in [0.717, 1.165) is 81.5 Å². The zero-order valence-corrected chi connectivity index (χ0v) is 37.3. The summed E-state index contributed by atoms with van der Waals surface area (Å²) in [6.07, 6.45) is 16.3. The third-order valence-corrected chi connectivity index (χ3v) is 11.8. The van der Waals surface area contributed by atoms with Gasteiger partial charge in [0.1, 0.15) is 16.9 Å². The molecule has 8 heteroatoms. The topological polar surface area (TPSA) is 74.6 Å². The minimum atomic E-state index is 0. The molecule has 0 fully saturated rings. The predicted molar refractivity (Wildman–Crippen MR) is 254 cm³/mol. The molecule has 0 aliphatic rings. The van der Waals surface area contributed by atoms with Crippen LogP contribution in [0, 0.1) is 18.2 Å². The molecular weight excluding hydrogens is 965 g/mol. The van der Waals surface area contributed by atoms with Crippen molar-refractivity contribution >= 4 is 65.8 Å². The number of aromatic nitrogens is 6. The van der Waals surface area contributed by atoms with Crippen LogP contribution in [0.2, 0.25) is 0 Å². The fraction of sp³-hybridized carbons (Fsp3) is 0.107. The Bertz CT molecular complexity index is 3360. The first kappa shape index (κ1) is 40.8. The van der Waals surface area contributed by atoms with Gasteiger partial charge in [0.2, 0.25) is 0 Å². The number of para-hydroxylation sites is 4. The molecule has 12 rings (SSSR count). The van der Waals surface area contributed by atoms with Crippen molar-refractivity contribution in [3.05, 3.63) is 206 Å². The van der Waals surface area contributed by atoms with E-state index in [-0.39, 0.29) is 20.1 Å². The third kappa shape index (κ3) is 7.76. The maximum atomic E-state index is 5.93. The van der Waals surface area contributed by atoms with Gasteiger partial charge in [0.25, 0.3) is 0 Å². The van der Waals surface area contributed by atoms with Crippen molar-refractivity contribution in [2.24, 2.45) is 0 Å². The summed E-state index contributed by atoms with van der Waals surface area (Å²) in [6.45, 7) is 0. The quantitative estimate of drug-likeness (QED) is 0.101. The molecule has 5 aromatic carbocycles. The molecule has 0 aliphatic carbocycles. The van der Waals surface area contributed by atoms with Gasteiger partial charge in [0.05, 0.1) is 16.6 Å². The van der Waals surface area contributed by atoms with Gasteiger partial charge in [-0.3, -0.25) is 4.98 Å². The van der Waals surface area contributed by atoms with Crippen molar-refractivity contribution in [2.45, 2.75) is 38.5 Å². The van der Waals surface area contributed by atoms with Crippen molar-refractivity contribution in [1.82, 2.24) is 29.1 Å². The molecule has 0 saturated carbocycles. The summed E-state index contributed by atoms with van der Waals surface area (Å²) in [5, 5.41) is 6.97. The molecule has 7 aromatic heterocycles. The van der Waals surface area contributed by atoms with Gasteiger partial charge in [-0.25, -0.2) is 9.97 Å². The van der Waals surface area contributed by atoms with Crippen LogP contribution in [-0.2, 0) is 32.9 Å². The van der Waals surface area contributed by atoms with Crippen LogP contribution < -0.4 is 0 Å². The Morgan fingerprint density at radius 1 is 0.469 bits per heavy atom. The van der Waals surface area contributed by atoms with E-state index in [9.17, 15) is 0 Å². The van der Waals surface area contributed by atoms with E-state index in [1.165, 1.54) is 56.5 Å². The van der Waals surface area contributed by atoms with Crippen LogP contribution >= 0.6 is 0 Å². The number of rotatable bonds is 10. The second kappa shape index (κ2) is 18.2. The standard InChI is InChI=1S/C40H32N4.C16H9N2O.Ir/c1(5-15-29-25-35-33-21-11-13-23-37(33)43(39(35)41-27-29)31-17-7-3-8-18-31)2-6-16-30-26-36-34-22-12-14-24-38(34)44(40(36)42-28-30)32-19-9-4-10-20-32;1-2-8-18-14(6-1)12-5-3-4-11-13-10-17-9-7-15(13)19-16(11)12;/h3-4,7-14,17,19,21-28H,1-2,5-6,15-16H2;1-4,6-10H;/q-2;-1;+3. The van der Waals surface area contributed by atoms with E-state index in [2.05, 4.69) is 135 Å². The van der Waals surface area contributed by atoms with Gasteiger partial charge < -0.3 is 18.5 Å². The molecule has 7 nitrogen and oxygen atoms in total. The van der Waals surface area contributed by atoms with E-state index in [1.807, 2.05) is 66.9 Å². The fourth-order valence-corrected chi connectivity index (χ4v) is 8.88. The van der Waals surface area contributed by atoms with Crippen LogP contribution in [0.25, 0.3) is 88.4 Å². The third-order valence-electron chi connectivity index (χ3n) is 11.8. The van der Waals surface area contributed by atoms with Crippen LogP contribution in [0.5, 0.6) is 0 Å². The molecule has 310 valence electrons. The van der Waals surface area contributed by atoms with Gasteiger partial charge in [0, 0.05) is 57.9 Å². The van der Waals surface area contributed by atoms with Crippen molar-refractivity contribution < 1.29 is 24.5 Å². The van der Waals surface area contributed by atoms with E-state index in [1.54, 1.807) is 12.4 Å². The Balaban J connectivity index is 0.000000202. The molecule has 0 aliphatic heterocycles. The summed E-state index contributed by atoms with van der Waals surface area (Å²) in [5.41, 5.74) is 12.4. The number of aryl methyl sites for hydroxylation is 2. The van der Waals surface area contributed by atoms with Gasteiger partial charge in [-0.1, -0.05) is 83.7 Å². The molecule has 64 heavy (non-hydrogen) atoms.